The average molecular weight is 256 g/mol. The van der Waals surface area contributed by atoms with Gasteiger partial charge in [0.15, 0.2) is 8.32 Å². The molecule has 0 bridgehead atoms. The van der Waals surface area contributed by atoms with E-state index in [1.807, 2.05) is 6.92 Å². The van der Waals surface area contributed by atoms with Crippen molar-refractivity contribution in [2.75, 3.05) is 6.61 Å². The number of carbonyl (C=O) groups is 1. The molecule has 0 saturated heterocycles. The van der Waals surface area contributed by atoms with E-state index in [0.717, 1.165) is 0 Å². The van der Waals surface area contributed by atoms with Crippen molar-refractivity contribution in [3.8, 4) is 11.8 Å². The maximum Gasteiger partial charge on any atom is 0.384 e. The van der Waals surface area contributed by atoms with Crippen LogP contribution in [0.2, 0.25) is 18.1 Å². The van der Waals surface area contributed by atoms with E-state index in [0.29, 0.717) is 6.61 Å². The molecule has 4 heteroatoms. The maximum absolute atomic E-state index is 11.1. The van der Waals surface area contributed by atoms with Crippen LogP contribution in [0.15, 0.2) is 0 Å². The van der Waals surface area contributed by atoms with Gasteiger partial charge in [-0.25, -0.2) is 4.79 Å². The van der Waals surface area contributed by atoms with Gasteiger partial charge < -0.3 is 9.16 Å². The fraction of sp³-hybridized carbons (Fsp3) is 0.769. The van der Waals surface area contributed by atoms with Crippen LogP contribution in [0.4, 0.5) is 0 Å². The molecule has 0 radical (unpaired) electrons. The van der Waals surface area contributed by atoms with Gasteiger partial charge in [-0.1, -0.05) is 26.7 Å². The Labute approximate surface area is 106 Å². The van der Waals surface area contributed by atoms with Crippen LogP contribution in [0.1, 0.15) is 34.6 Å². The highest BCUT2D eigenvalue weighted by molar-refractivity contribution is 6.74. The highest BCUT2D eigenvalue weighted by atomic mass is 28.4. The zero-order valence-electron chi connectivity index (χ0n) is 12.0. The average Bonchev–Trinajstić information content (AvgIpc) is 2.12. The van der Waals surface area contributed by atoms with Gasteiger partial charge in [0.05, 0.1) is 6.61 Å². The Morgan fingerprint density at radius 1 is 1.35 bits per heavy atom. The molecule has 0 heterocycles. The van der Waals surface area contributed by atoms with Crippen molar-refractivity contribution >= 4 is 14.3 Å². The van der Waals surface area contributed by atoms with Crippen molar-refractivity contribution in [2.24, 2.45) is 0 Å². The van der Waals surface area contributed by atoms with Crippen molar-refractivity contribution in [3.63, 3.8) is 0 Å². The topological polar surface area (TPSA) is 35.5 Å². The normalized spacial score (nSPS) is 13.6. The van der Waals surface area contributed by atoms with Gasteiger partial charge in [0.25, 0.3) is 0 Å². The summed E-state index contributed by atoms with van der Waals surface area (Å²) in [5, 5.41) is 0.146. The van der Waals surface area contributed by atoms with E-state index in [9.17, 15) is 4.79 Å². The summed E-state index contributed by atoms with van der Waals surface area (Å²) in [6, 6.07) is 0. The molecule has 0 unspecified atom stereocenters. The van der Waals surface area contributed by atoms with Crippen LogP contribution in [-0.4, -0.2) is 27.0 Å². The monoisotopic (exact) mass is 256 g/mol. The van der Waals surface area contributed by atoms with Crippen LogP contribution in [0.25, 0.3) is 0 Å². The predicted octanol–water partition coefficient (Wildman–Crippen LogP) is 2.96. The van der Waals surface area contributed by atoms with Crippen LogP contribution in [0, 0.1) is 11.8 Å². The maximum atomic E-state index is 11.1. The molecule has 0 aromatic rings. The van der Waals surface area contributed by atoms with Crippen molar-refractivity contribution in [1.82, 2.24) is 0 Å². The third kappa shape index (κ3) is 5.90. The summed E-state index contributed by atoms with van der Waals surface area (Å²) in [5.74, 6) is 4.74. The summed E-state index contributed by atoms with van der Waals surface area (Å²) in [6.07, 6.45) is -0.236. The number of hydrogen-bond acceptors (Lipinski definition) is 3. The number of rotatable bonds is 3. The Hall–Kier alpha value is -0.793. The lowest BCUT2D eigenvalue weighted by Crippen LogP contribution is -2.43. The van der Waals surface area contributed by atoms with Gasteiger partial charge in [0, 0.05) is 5.92 Å². The molecule has 3 nitrogen and oxygen atoms in total. The first-order chi connectivity index (χ1) is 7.60. The minimum atomic E-state index is -1.81. The molecule has 0 amide bonds. The molecule has 1 atom stereocenters. The van der Waals surface area contributed by atoms with Gasteiger partial charge in [-0.2, -0.15) is 0 Å². The summed E-state index contributed by atoms with van der Waals surface area (Å²) in [4.78, 5) is 11.1. The first-order valence-electron chi connectivity index (χ1n) is 5.96. The summed E-state index contributed by atoms with van der Waals surface area (Å²) in [7, 11) is -1.81. The second kappa shape index (κ2) is 6.22. The fourth-order valence-electron chi connectivity index (χ4n) is 0.976. The molecule has 0 rings (SSSR count). The number of carbonyl (C=O) groups excluding carboxylic acids is 1. The minimum Gasteiger partial charge on any atom is -0.456 e. The Kier molecular flexibility index (Phi) is 5.93. The molecule has 0 aliphatic carbocycles. The van der Waals surface area contributed by atoms with Crippen molar-refractivity contribution in [2.45, 2.75) is 58.9 Å². The van der Waals surface area contributed by atoms with Crippen molar-refractivity contribution < 1.29 is 14.0 Å². The fourth-order valence-corrected chi connectivity index (χ4v) is 2.27. The molecule has 0 aromatic carbocycles. The molecule has 98 valence electrons. The second-order valence-corrected chi connectivity index (χ2v) is 10.3. The van der Waals surface area contributed by atoms with Crippen molar-refractivity contribution in [1.29, 1.82) is 0 Å². The summed E-state index contributed by atoms with van der Waals surface area (Å²) < 4.78 is 10.7. The lowest BCUT2D eigenvalue weighted by atomic mass is 10.2. The Bertz CT molecular complexity index is 318. The Morgan fingerprint density at radius 3 is 2.29 bits per heavy atom. The lowest BCUT2D eigenvalue weighted by Gasteiger charge is -2.37. The quantitative estimate of drug-likeness (QED) is 0.337. The molecular formula is C13H24O3Si. The van der Waals surface area contributed by atoms with E-state index in [1.54, 1.807) is 6.92 Å². The molecular weight excluding hydrogens is 232 g/mol. The van der Waals surface area contributed by atoms with E-state index in [-0.39, 0.29) is 11.1 Å². The van der Waals surface area contributed by atoms with E-state index in [2.05, 4.69) is 45.7 Å². The summed E-state index contributed by atoms with van der Waals surface area (Å²) in [6.45, 7) is 14.8. The standard InChI is InChI=1S/C13H24O3Si/c1-8-15-12(14)10-9-11(2)16-17(6,7)13(3,4)5/h11H,8H2,1-7H3/t11-/m0/s1. The molecule has 0 aromatic heterocycles. The van der Waals surface area contributed by atoms with Crippen LogP contribution in [0.5, 0.6) is 0 Å². The largest absolute Gasteiger partial charge is 0.456 e. The summed E-state index contributed by atoms with van der Waals surface area (Å²) >= 11 is 0. The van der Waals surface area contributed by atoms with Crippen LogP contribution in [0.3, 0.4) is 0 Å². The van der Waals surface area contributed by atoms with Gasteiger partial charge in [-0.15, -0.1) is 0 Å². The molecule has 0 saturated carbocycles. The number of esters is 1. The zero-order valence-corrected chi connectivity index (χ0v) is 13.0. The van der Waals surface area contributed by atoms with Gasteiger partial charge in [-0.3, -0.25) is 0 Å². The molecule has 0 fully saturated rings. The second-order valence-electron chi connectivity index (χ2n) is 5.51. The number of ether oxygens (including phenoxy) is 1. The Morgan fingerprint density at radius 2 is 1.88 bits per heavy atom. The van der Waals surface area contributed by atoms with Crippen LogP contribution >= 0.6 is 0 Å². The molecule has 0 aliphatic rings. The van der Waals surface area contributed by atoms with Gasteiger partial charge in [-0.05, 0) is 32.0 Å². The highest BCUT2D eigenvalue weighted by Crippen LogP contribution is 2.37. The first kappa shape index (κ1) is 16.2. The zero-order chi connectivity index (χ0) is 13.7. The van der Waals surface area contributed by atoms with Gasteiger partial charge in [0.1, 0.15) is 6.10 Å². The minimum absolute atomic E-state index is 0.146. The third-order valence-corrected chi connectivity index (χ3v) is 7.49. The first-order valence-corrected chi connectivity index (χ1v) is 8.87. The van der Waals surface area contributed by atoms with E-state index >= 15 is 0 Å². The third-order valence-electron chi connectivity index (χ3n) is 2.93. The van der Waals surface area contributed by atoms with Gasteiger partial charge in [0.2, 0.25) is 0 Å². The van der Waals surface area contributed by atoms with Crippen molar-refractivity contribution in [3.05, 3.63) is 0 Å². The van der Waals surface area contributed by atoms with Gasteiger partial charge >= 0.3 is 5.97 Å². The molecule has 17 heavy (non-hydrogen) atoms. The molecule has 0 N–H and O–H groups in total. The highest BCUT2D eigenvalue weighted by Gasteiger charge is 2.38. The predicted molar refractivity (Wildman–Crippen MR) is 72.2 cm³/mol. The van der Waals surface area contributed by atoms with Crippen LogP contribution in [-0.2, 0) is 14.0 Å². The summed E-state index contributed by atoms with van der Waals surface area (Å²) in [5.41, 5.74) is 0. The molecule has 0 aliphatic heterocycles. The number of hydrogen-bond donors (Lipinski definition) is 0. The van der Waals surface area contributed by atoms with E-state index in [1.165, 1.54) is 0 Å². The SMILES string of the molecule is CCOC(=O)C#C[C@H](C)O[Si](C)(C)C(C)(C)C. The van der Waals surface area contributed by atoms with Crippen LogP contribution < -0.4 is 0 Å². The smallest absolute Gasteiger partial charge is 0.384 e. The van der Waals surface area contributed by atoms with E-state index < -0.39 is 14.3 Å². The van der Waals surface area contributed by atoms with E-state index in [4.69, 9.17) is 9.16 Å². The lowest BCUT2D eigenvalue weighted by molar-refractivity contribution is -0.136. The molecule has 0 spiro atoms. The Balaban J connectivity index is 4.46.